The lowest BCUT2D eigenvalue weighted by Gasteiger charge is -2.37. The maximum absolute atomic E-state index is 12.0. The lowest BCUT2D eigenvalue weighted by atomic mass is 9.79. The van der Waals surface area contributed by atoms with Gasteiger partial charge < -0.3 is 25.2 Å². The summed E-state index contributed by atoms with van der Waals surface area (Å²) in [6.07, 6.45) is 1.96. The second-order valence-electron chi connectivity index (χ2n) is 6.32. The van der Waals surface area contributed by atoms with Crippen molar-refractivity contribution < 1.29 is 18.8 Å². The fourth-order valence-electron chi connectivity index (χ4n) is 2.81. The summed E-state index contributed by atoms with van der Waals surface area (Å²) in [5.41, 5.74) is 0.00249. The zero-order chi connectivity index (χ0) is 18.1. The van der Waals surface area contributed by atoms with E-state index in [0.717, 1.165) is 25.9 Å². The average molecular weight is 370 g/mol. The number of piperidine rings is 1. The summed E-state index contributed by atoms with van der Waals surface area (Å²) in [6, 6.07) is 1.64. The van der Waals surface area contributed by atoms with Gasteiger partial charge in [0.25, 0.3) is 0 Å². The van der Waals surface area contributed by atoms with Gasteiger partial charge in [-0.2, -0.15) is 0 Å². The Bertz CT molecular complexity index is 567. The van der Waals surface area contributed by atoms with Gasteiger partial charge in [-0.25, -0.2) is 0 Å². The topological polar surface area (TPSA) is 105 Å². The van der Waals surface area contributed by atoms with E-state index in [1.54, 1.807) is 20.1 Å². The van der Waals surface area contributed by atoms with Gasteiger partial charge in [0, 0.05) is 25.1 Å². The van der Waals surface area contributed by atoms with E-state index >= 15 is 0 Å². The normalized spacial score (nSPS) is 16.4. The third kappa shape index (κ3) is 6.68. The molecule has 2 rings (SSSR count). The number of carbonyl (C=O) groups excluding carboxylic acids is 2. The SMILES string of the molecule is COCC1(CNC(=O)CSCC(=O)Nc2cc(C)on2)CCNCC1. The Hall–Kier alpha value is -1.58. The van der Waals surface area contributed by atoms with E-state index in [1.165, 1.54) is 11.8 Å². The zero-order valence-electron chi connectivity index (χ0n) is 14.7. The molecule has 25 heavy (non-hydrogen) atoms. The van der Waals surface area contributed by atoms with E-state index < -0.39 is 0 Å². The van der Waals surface area contributed by atoms with Gasteiger partial charge in [-0.05, 0) is 32.9 Å². The summed E-state index contributed by atoms with van der Waals surface area (Å²) in [4.78, 5) is 23.8. The third-order valence-electron chi connectivity index (χ3n) is 4.14. The molecule has 0 bridgehead atoms. The number of thioether (sulfide) groups is 1. The number of ether oxygens (including phenoxy) is 1. The molecule has 0 aromatic carbocycles. The molecule has 140 valence electrons. The highest BCUT2D eigenvalue weighted by Gasteiger charge is 2.32. The number of hydrogen-bond donors (Lipinski definition) is 3. The van der Waals surface area contributed by atoms with Crippen molar-refractivity contribution in [2.24, 2.45) is 5.41 Å². The first kappa shape index (κ1) is 19.7. The minimum absolute atomic E-state index is 0.00249. The van der Waals surface area contributed by atoms with Crippen molar-refractivity contribution in [1.82, 2.24) is 15.8 Å². The number of carbonyl (C=O) groups is 2. The summed E-state index contributed by atoms with van der Waals surface area (Å²) in [7, 11) is 1.69. The van der Waals surface area contributed by atoms with Crippen molar-refractivity contribution in [2.45, 2.75) is 19.8 Å². The number of aromatic nitrogens is 1. The number of rotatable bonds is 9. The van der Waals surface area contributed by atoms with Gasteiger partial charge in [0.15, 0.2) is 5.82 Å². The van der Waals surface area contributed by atoms with Crippen molar-refractivity contribution in [2.75, 3.05) is 50.2 Å². The van der Waals surface area contributed by atoms with Gasteiger partial charge >= 0.3 is 0 Å². The smallest absolute Gasteiger partial charge is 0.235 e. The molecule has 2 heterocycles. The van der Waals surface area contributed by atoms with Gasteiger partial charge in [-0.3, -0.25) is 9.59 Å². The standard InChI is InChI=1S/C16H26N4O4S/c1-12-7-13(20-24-12)19-15(22)9-25-8-14(21)18-10-16(11-23-2)3-5-17-6-4-16/h7,17H,3-6,8-11H2,1-2H3,(H,18,21)(H,19,20,22). The van der Waals surface area contributed by atoms with Gasteiger partial charge in [-0.1, -0.05) is 5.16 Å². The number of hydrogen-bond acceptors (Lipinski definition) is 7. The molecule has 1 aromatic rings. The molecule has 1 aliphatic rings. The van der Waals surface area contributed by atoms with Crippen LogP contribution in [0.2, 0.25) is 0 Å². The van der Waals surface area contributed by atoms with Crippen LogP contribution in [0, 0.1) is 12.3 Å². The van der Waals surface area contributed by atoms with E-state index in [4.69, 9.17) is 9.26 Å². The Morgan fingerprint density at radius 1 is 1.36 bits per heavy atom. The molecule has 0 saturated carbocycles. The molecule has 1 aliphatic heterocycles. The highest BCUT2D eigenvalue weighted by molar-refractivity contribution is 8.00. The van der Waals surface area contributed by atoms with Crippen molar-refractivity contribution in [3.05, 3.63) is 11.8 Å². The summed E-state index contributed by atoms with van der Waals surface area (Å²) in [5.74, 6) is 1.17. The number of nitrogens with one attached hydrogen (secondary N) is 3. The fourth-order valence-corrected chi connectivity index (χ4v) is 3.46. The van der Waals surface area contributed by atoms with Crippen LogP contribution in [0.3, 0.4) is 0 Å². The van der Waals surface area contributed by atoms with Crippen LogP contribution >= 0.6 is 11.8 Å². The second kappa shape index (κ2) is 9.79. The summed E-state index contributed by atoms with van der Waals surface area (Å²) < 4.78 is 10.2. The minimum atomic E-state index is -0.208. The van der Waals surface area contributed by atoms with Crippen molar-refractivity contribution in [3.63, 3.8) is 0 Å². The fraction of sp³-hybridized carbons (Fsp3) is 0.688. The Morgan fingerprint density at radius 3 is 2.72 bits per heavy atom. The van der Waals surface area contributed by atoms with Gasteiger partial charge in [0.05, 0.1) is 18.1 Å². The van der Waals surface area contributed by atoms with Crippen molar-refractivity contribution in [3.8, 4) is 0 Å². The largest absolute Gasteiger partial charge is 0.384 e. The van der Waals surface area contributed by atoms with Crippen LogP contribution in [-0.2, 0) is 14.3 Å². The van der Waals surface area contributed by atoms with E-state index in [1.807, 2.05) is 0 Å². The van der Waals surface area contributed by atoms with Crippen LogP contribution < -0.4 is 16.0 Å². The molecule has 0 atom stereocenters. The first-order valence-electron chi connectivity index (χ1n) is 8.30. The highest BCUT2D eigenvalue weighted by atomic mass is 32.2. The number of aryl methyl sites for hydroxylation is 1. The average Bonchev–Trinajstić information content (AvgIpc) is 2.99. The molecule has 1 aromatic heterocycles. The Labute approximate surface area is 151 Å². The van der Waals surface area contributed by atoms with Crippen LogP contribution in [0.5, 0.6) is 0 Å². The predicted molar refractivity (Wildman–Crippen MR) is 96.6 cm³/mol. The summed E-state index contributed by atoms with van der Waals surface area (Å²) >= 11 is 1.27. The maximum Gasteiger partial charge on any atom is 0.235 e. The molecule has 9 heteroatoms. The number of nitrogens with zero attached hydrogens (tertiary/aromatic N) is 1. The molecule has 8 nitrogen and oxygen atoms in total. The number of amides is 2. The molecule has 3 N–H and O–H groups in total. The lowest BCUT2D eigenvalue weighted by Crippen LogP contribution is -2.47. The van der Waals surface area contributed by atoms with Gasteiger partial charge in [0.2, 0.25) is 11.8 Å². The van der Waals surface area contributed by atoms with Crippen molar-refractivity contribution >= 4 is 29.4 Å². The van der Waals surface area contributed by atoms with E-state index in [9.17, 15) is 9.59 Å². The Kier molecular flexibility index (Phi) is 7.73. The highest BCUT2D eigenvalue weighted by Crippen LogP contribution is 2.28. The van der Waals surface area contributed by atoms with Crippen LogP contribution in [0.1, 0.15) is 18.6 Å². The van der Waals surface area contributed by atoms with Crippen LogP contribution in [0.15, 0.2) is 10.6 Å². The van der Waals surface area contributed by atoms with Crippen LogP contribution in [-0.4, -0.2) is 61.8 Å². The molecular weight excluding hydrogens is 344 g/mol. The minimum Gasteiger partial charge on any atom is -0.384 e. The quantitative estimate of drug-likeness (QED) is 0.590. The molecular formula is C16H26N4O4S. The first-order valence-corrected chi connectivity index (χ1v) is 9.46. The summed E-state index contributed by atoms with van der Waals surface area (Å²) in [6.45, 7) is 4.87. The third-order valence-corrected chi connectivity index (χ3v) is 5.07. The van der Waals surface area contributed by atoms with E-state index in [0.29, 0.717) is 24.7 Å². The van der Waals surface area contributed by atoms with Gasteiger partial charge in [0.1, 0.15) is 5.76 Å². The Balaban J connectivity index is 1.65. The van der Waals surface area contributed by atoms with Crippen LogP contribution in [0.25, 0.3) is 0 Å². The molecule has 0 spiro atoms. The monoisotopic (exact) mass is 370 g/mol. The molecule has 1 fully saturated rings. The van der Waals surface area contributed by atoms with Gasteiger partial charge in [-0.15, -0.1) is 11.8 Å². The summed E-state index contributed by atoms with van der Waals surface area (Å²) in [5, 5.41) is 12.6. The second-order valence-corrected chi connectivity index (χ2v) is 7.31. The van der Waals surface area contributed by atoms with Crippen LogP contribution in [0.4, 0.5) is 5.82 Å². The number of methoxy groups -OCH3 is 1. The number of anilines is 1. The molecule has 1 saturated heterocycles. The molecule has 0 unspecified atom stereocenters. The zero-order valence-corrected chi connectivity index (χ0v) is 15.5. The molecule has 2 amide bonds. The maximum atomic E-state index is 12.0. The van der Waals surface area contributed by atoms with E-state index in [2.05, 4.69) is 21.1 Å². The predicted octanol–water partition coefficient (Wildman–Crippen LogP) is 0.787. The lowest BCUT2D eigenvalue weighted by molar-refractivity contribution is -0.119. The Morgan fingerprint density at radius 2 is 2.08 bits per heavy atom. The van der Waals surface area contributed by atoms with E-state index in [-0.39, 0.29) is 28.7 Å². The van der Waals surface area contributed by atoms with Crippen molar-refractivity contribution in [1.29, 1.82) is 0 Å². The molecule has 0 aliphatic carbocycles. The first-order chi connectivity index (χ1) is 12.0. The molecule has 0 radical (unpaired) electrons.